The van der Waals surface area contributed by atoms with Crippen LogP contribution in [0.4, 0.5) is 20.2 Å². The molecule has 2 aromatic rings. The number of hydrogen-bond acceptors (Lipinski definition) is 5. The number of nitrogens with one attached hydrogen (secondary N) is 1. The summed E-state index contributed by atoms with van der Waals surface area (Å²) in [5.41, 5.74) is 0.586. The van der Waals surface area contributed by atoms with Gasteiger partial charge in [-0.1, -0.05) is 12.1 Å². The third-order valence-electron chi connectivity index (χ3n) is 4.10. The lowest BCUT2D eigenvalue weighted by molar-refractivity contribution is -0.255. The molecule has 0 spiro atoms. The van der Waals surface area contributed by atoms with Crippen LogP contribution < -0.4 is 15.3 Å². The number of benzene rings is 2. The summed E-state index contributed by atoms with van der Waals surface area (Å²) in [5.74, 6) is -4.58. The van der Waals surface area contributed by atoms with E-state index in [1.165, 1.54) is 18.2 Å². The van der Waals surface area contributed by atoms with Gasteiger partial charge in [-0.05, 0) is 36.2 Å². The number of halogens is 2. The molecule has 0 aliphatic carbocycles. The van der Waals surface area contributed by atoms with Gasteiger partial charge in [0.2, 0.25) is 5.91 Å². The Hall–Kier alpha value is -3.29. The minimum absolute atomic E-state index is 0.0868. The van der Waals surface area contributed by atoms with Gasteiger partial charge in [0.15, 0.2) is 0 Å². The van der Waals surface area contributed by atoms with Crippen molar-refractivity contribution in [3.05, 3.63) is 59.2 Å². The number of aryl methyl sites for hydroxylation is 1. The van der Waals surface area contributed by atoms with Crippen molar-refractivity contribution in [3.8, 4) is 0 Å². The van der Waals surface area contributed by atoms with Crippen molar-refractivity contribution in [2.24, 2.45) is 0 Å². The SMILES string of the molecule is Cc1ccc(C(=O)[O-])cc1N[C@H]1CC(=O)N(c2ccc(F)cc2F)C1=O. The number of carbonyl (C=O) groups excluding carboxylic acids is 3. The number of hydrogen-bond donors (Lipinski definition) is 1. The number of nitrogens with zero attached hydrogens (tertiary/aromatic N) is 1. The number of carboxylic acid groups (broad SMARTS) is 1. The molecule has 26 heavy (non-hydrogen) atoms. The molecule has 1 fully saturated rings. The highest BCUT2D eigenvalue weighted by atomic mass is 19.1. The highest BCUT2D eigenvalue weighted by molar-refractivity contribution is 6.23. The summed E-state index contributed by atoms with van der Waals surface area (Å²) in [5, 5.41) is 13.8. The van der Waals surface area contributed by atoms with Gasteiger partial charge in [-0.15, -0.1) is 0 Å². The molecule has 0 radical (unpaired) electrons. The molecule has 0 unspecified atom stereocenters. The van der Waals surface area contributed by atoms with Gasteiger partial charge in [-0.3, -0.25) is 9.59 Å². The Morgan fingerprint density at radius 3 is 2.58 bits per heavy atom. The fraction of sp³-hybridized carbons (Fsp3) is 0.167. The van der Waals surface area contributed by atoms with Crippen LogP contribution in [0.25, 0.3) is 0 Å². The van der Waals surface area contributed by atoms with E-state index in [0.717, 1.165) is 12.1 Å². The molecule has 2 amide bonds. The lowest BCUT2D eigenvalue weighted by atomic mass is 10.1. The third kappa shape index (κ3) is 3.13. The van der Waals surface area contributed by atoms with E-state index < -0.39 is 35.5 Å². The number of aromatic carboxylic acids is 1. The monoisotopic (exact) mass is 359 g/mol. The average molecular weight is 359 g/mol. The largest absolute Gasteiger partial charge is 0.545 e. The summed E-state index contributed by atoms with van der Waals surface area (Å²) >= 11 is 0. The lowest BCUT2D eigenvalue weighted by Crippen LogP contribution is -2.35. The number of rotatable bonds is 4. The van der Waals surface area contributed by atoms with E-state index in [1.807, 2.05) is 0 Å². The average Bonchev–Trinajstić information content (AvgIpc) is 2.84. The standard InChI is InChI=1S/C18H14F2N2O4/c1-9-2-3-10(18(25)26)6-13(9)21-14-8-16(23)22(17(14)24)15-5-4-11(19)7-12(15)20/h2-7,14,21H,8H2,1H3,(H,25,26)/p-1/t14-/m0/s1. The van der Waals surface area contributed by atoms with Crippen LogP contribution in [0.1, 0.15) is 22.3 Å². The molecule has 3 rings (SSSR count). The quantitative estimate of drug-likeness (QED) is 0.833. The van der Waals surface area contributed by atoms with Gasteiger partial charge in [0.25, 0.3) is 5.91 Å². The fourth-order valence-electron chi connectivity index (χ4n) is 2.75. The van der Waals surface area contributed by atoms with Crippen molar-refractivity contribution < 1.29 is 28.3 Å². The van der Waals surface area contributed by atoms with Crippen molar-refractivity contribution >= 4 is 29.2 Å². The van der Waals surface area contributed by atoms with Gasteiger partial charge in [0, 0.05) is 11.8 Å². The maximum atomic E-state index is 13.9. The normalized spacial score (nSPS) is 16.9. The predicted molar refractivity (Wildman–Crippen MR) is 86.4 cm³/mol. The molecule has 1 heterocycles. The van der Waals surface area contributed by atoms with Crippen LogP contribution in [0, 0.1) is 18.6 Å². The van der Waals surface area contributed by atoms with Crippen LogP contribution in [0.2, 0.25) is 0 Å². The second kappa shape index (κ2) is 6.55. The Kier molecular flexibility index (Phi) is 4.41. The second-order valence-electron chi connectivity index (χ2n) is 5.88. The molecule has 8 heteroatoms. The Morgan fingerprint density at radius 2 is 1.92 bits per heavy atom. The summed E-state index contributed by atoms with van der Waals surface area (Å²) < 4.78 is 27.0. The zero-order valence-electron chi connectivity index (χ0n) is 13.6. The molecular formula is C18H13F2N2O4-. The van der Waals surface area contributed by atoms with Gasteiger partial charge in [0.1, 0.15) is 17.7 Å². The van der Waals surface area contributed by atoms with Crippen molar-refractivity contribution in [1.82, 2.24) is 0 Å². The number of imide groups is 1. The fourth-order valence-corrected chi connectivity index (χ4v) is 2.75. The summed E-state index contributed by atoms with van der Waals surface area (Å²) in [6.45, 7) is 1.69. The first-order chi connectivity index (χ1) is 12.3. The van der Waals surface area contributed by atoms with Crippen molar-refractivity contribution in [3.63, 3.8) is 0 Å². The van der Waals surface area contributed by atoms with Gasteiger partial charge in [-0.2, -0.15) is 0 Å². The summed E-state index contributed by atoms with van der Waals surface area (Å²) in [6.07, 6.45) is -0.245. The van der Waals surface area contributed by atoms with Gasteiger partial charge in [-0.25, -0.2) is 13.7 Å². The maximum absolute atomic E-state index is 13.9. The Morgan fingerprint density at radius 1 is 1.19 bits per heavy atom. The minimum Gasteiger partial charge on any atom is -0.545 e. The highest BCUT2D eigenvalue weighted by Crippen LogP contribution is 2.28. The smallest absolute Gasteiger partial charge is 0.256 e. The van der Waals surface area contributed by atoms with Crippen LogP contribution in [0.5, 0.6) is 0 Å². The van der Waals surface area contributed by atoms with Crippen molar-refractivity contribution in [1.29, 1.82) is 0 Å². The first kappa shape index (κ1) is 17.5. The first-order valence-corrected chi connectivity index (χ1v) is 7.68. The molecule has 0 bridgehead atoms. The van der Waals surface area contributed by atoms with Crippen LogP contribution >= 0.6 is 0 Å². The van der Waals surface area contributed by atoms with E-state index in [4.69, 9.17) is 0 Å². The number of anilines is 2. The first-order valence-electron chi connectivity index (χ1n) is 7.68. The van der Waals surface area contributed by atoms with Gasteiger partial charge in [0.05, 0.1) is 18.1 Å². The molecule has 0 aromatic heterocycles. The molecule has 1 aliphatic rings. The topological polar surface area (TPSA) is 89.5 Å². The zero-order chi connectivity index (χ0) is 19.0. The number of carboxylic acids is 1. The van der Waals surface area contributed by atoms with E-state index in [-0.39, 0.29) is 17.7 Å². The molecule has 0 saturated carbocycles. The summed E-state index contributed by atoms with van der Waals surface area (Å²) in [4.78, 5) is 36.4. The zero-order valence-corrected chi connectivity index (χ0v) is 13.6. The van der Waals surface area contributed by atoms with Crippen LogP contribution in [-0.4, -0.2) is 23.8 Å². The molecule has 1 N–H and O–H groups in total. The Balaban J connectivity index is 1.88. The minimum atomic E-state index is -1.38. The Labute approximate surface area is 147 Å². The van der Waals surface area contributed by atoms with Crippen molar-refractivity contribution in [2.45, 2.75) is 19.4 Å². The molecule has 1 aliphatic heterocycles. The van der Waals surface area contributed by atoms with Gasteiger partial charge < -0.3 is 15.2 Å². The maximum Gasteiger partial charge on any atom is 0.256 e. The van der Waals surface area contributed by atoms with Crippen LogP contribution in [-0.2, 0) is 9.59 Å². The van der Waals surface area contributed by atoms with Crippen LogP contribution in [0.3, 0.4) is 0 Å². The summed E-state index contributed by atoms with van der Waals surface area (Å²) in [6, 6.07) is 5.75. The number of amides is 2. The van der Waals surface area contributed by atoms with E-state index in [1.54, 1.807) is 6.92 Å². The lowest BCUT2D eigenvalue weighted by Gasteiger charge is -2.18. The highest BCUT2D eigenvalue weighted by Gasteiger charge is 2.40. The second-order valence-corrected chi connectivity index (χ2v) is 5.88. The van der Waals surface area contributed by atoms with E-state index in [2.05, 4.69) is 5.32 Å². The van der Waals surface area contributed by atoms with E-state index in [0.29, 0.717) is 22.2 Å². The molecule has 1 saturated heterocycles. The van der Waals surface area contributed by atoms with Crippen LogP contribution in [0.15, 0.2) is 36.4 Å². The molecular weight excluding hydrogens is 346 g/mol. The van der Waals surface area contributed by atoms with E-state index >= 15 is 0 Å². The summed E-state index contributed by atoms with van der Waals surface area (Å²) in [7, 11) is 0. The van der Waals surface area contributed by atoms with Crippen molar-refractivity contribution in [2.75, 3.05) is 10.2 Å². The third-order valence-corrected chi connectivity index (χ3v) is 4.10. The molecule has 134 valence electrons. The molecule has 1 atom stereocenters. The predicted octanol–water partition coefficient (Wildman–Crippen LogP) is 1.38. The molecule has 6 nitrogen and oxygen atoms in total. The van der Waals surface area contributed by atoms with Gasteiger partial charge >= 0.3 is 0 Å². The number of carbonyl (C=O) groups is 3. The Bertz CT molecular complexity index is 929. The molecule has 2 aromatic carbocycles. The van der Waals surface area contributed by atoms with E-state index in [9.17, 15) is 28.3 Å².